The first-order valence-corrected chi connectivity index (χ1v) is 7.76. The third-order valence-electron chi connectivity index (χ3n) is 3.42. The monoisotopic (exact) mass is 326 g/mol. The minimum Gasteiger partial charge on any atom is -0.465 e. The van der Waals surface area contributed by atoms with Crippen molar-refractivity contribution in [2.75, 3.05) is 12.4 Å². The minimum absolute atomic E-state index is 0.257. The van der Waals surface area contributed by atoms with E-state index in [0.29, 0.717) is 21.3 Å². The Morgan fingerprint density at radius 1 is 1.13 bits per heavy atom. The van der Waals surface area contributed by atoms with Crippen molar-refractivity contribution >= 4 is 39.1 Å². The molecule has 6 heteroatoms. The van der Waals surface area contributed by atoms with Gasteiger partial charge in [-0.25, -0.2) is 9.78 Å². The quantitative estimate of drug-likeness (QED) is 0.746. The molecule has 116 valence electrons. The molecule has 0 saturated carbocycles. The highest BCUT2D eigenvalue weighted by atomic mass is 32.1. The highest BCUT2D eigenvalue weighted by Crippen LogP contribution is 2.25. The summed E-state index contributed by atoms with van der Waals surface area (Å²) in [4.78, 5) is 28.7. The molecule has 0 spiro atoms. The van der Waals surface area contributed by atoms with Crippen LogP contribution in [0.1, 0.15) is 25.7 Å². The van der Waals surface area contributed by atoms with Gasteiger partial charge < -0.3 is 4.74 Å². The number of nitrogens with zero attached hydrogens (tertiary/aromatic N) is 1. The highest BCUT2D eigenvalue weighted by molar-refractivity contribution is 7.17. The first kappa shape index (κ1) is 15.2. The van der Waals surface area contributed by atoms with Gasteiger partial charge in [0.25, 0.3) is 5.91 Å². The van der Waals surface area contributed by atoms with Crippen molar-refractivity contribution < 1.29 is 14.3 Å². The summed E-state index contributed by atoms with van der Waals surface area (Å²) in [6.07, 6.45) is 0. The van der Waals surface area contributed by atoms with Crippen molar-refractivity contribution in [3.8, 4) is 0 Å². The molecule has 0 aliphatic rings. The Bertz CT molecular complexity index is 896. The van der Waals surface area contributed by atoms with Gasteiger partial charge in [0.15, 0.2) is 5.13 Å². The fourth-order valence-corrected chi connectivity index (χ4v) is 3.20. The molecule has 0 radical (unpaired) electrons. The van der Waals surface area contributed by atoms with Gasteiger partial charge in [0, 0.05) is 5.56 Å². The average Bonchev–Trinajstić information content (AvgIpc) is 2.93. The van der Waals surface area contributed by atoms with E-state index in [1.54, 1.807) is 13.0 Å². The summed E-state index contributed by atoms with van der Waals surface area (Å²) in [5, 5.41) is 4.99. The van der Waals surface area contributed by atoms with E-state index >= 15 is 0 Å². The van der Waals surface area contributed by atoms with Crippen LogP contribution in [0.3, 0.4) is 0 Å². The second-order valence-electron chi connectivity index (χ2n) is 4.91. The van der Waals surface area contributed by atoms with E-state index in [9.17, 15) is 9.59 Å². The normalized spacial score (nSPS) is 10.5. The second-order valence-corrected chi connectivity index (χ2v) is 5.91. The Morgan fingerprint density at radius 3 is 2.65 bits per heavy atom. The lowest BCUT2D eigenvalue weighted by molar-refractivity contribution is 0.0605. The van der Waals surface area contributed by atoms with E-state index < -0.39 is 5.97 Å². The Kier molecular flexibility index (Phi) is 4.08. The molecule has 0 aliphatic heterocycles. The van der Waals surface area contributed by atoms with Crippen LogP contribution in [-0.2, 0) is 4.74 Å². The SMILES string of the molecule is COC(=O)c1sc(NC(=O)c2cccc3ccccc23)nc1C. The van der Waals surface area contributed by atoms with Gasteiger partial charge in [-0.2, -0.15) is 0 Å². The molecule has 0 saturated heterocycles. The van der Waals surface area contributed by atoms with Crippen LogP contribution < -0.4 is 5.32 Å². The first-order valence-electron chi connectivity index (χ1n) is 6.95. The summed E-state index contributed by atoms with van der Waals surface area (Å²) < 4.78 is 4.70. The molecule has 0 fully saturated rings. The molecule has 3 rings (SSSR count). The van der Waals surface area contributed by atoms with Gasteiger partial charge in [0.2, 0.25) is 0 Å². The molecule has 0 bridgehead atoms. The number of thiazole rings is 1. The molecule has 1 amide bonds. The van der Waals surface area contributed by atoms with Crippen molar-refractivity contribution in [1.29, 1.82) is 0 Å². The van der Waals surface area contributed by atoms with Crippen molar-refractivity contribution in [2.24, 2.45) is 0 Å². The molecule has 2 aromatic carbocycles. The molecule has 1 N–H and O–H groups in total. The van der Waals surface area contributed by atoms with E-state index in [2.05, 4.69) is 10.3 Å². The predicted molar refractivity (Wildman–Crippen MR) is 90.1 cm³/mol. The predicted octanol–water partition coefficient (Wildman–Crippen LogP) is 3.64. The summed E-state index contributed by atoms with van der Waals surface area (Å²) in [7, 11) is 1.32. The number of carbonyl (C=O) groups excluding carboxylic acids is 2. The summed E-state index contributed by atoms with van der Waals surface area (Å²) in [5.74, 6) is -0.711. The number of rotatable bonds is 3. The number of carbonyl (C=O) groups is 2. The number of amides is 1. The lowest BCUT2D eigenvalue weighted by Gasteiger charge is -2.05. The molecule has 1 aromatic heterocycles. The van der Waals surface area contributed by atoms with Crippen LogP contribution in [-0.4, -0.2) is 24.0 Å². The largest absolute Gasteiger partial charge is 0.465 e. The zero-order valence-corrected chi connectivity index (χ0v) is 13.4. The van der Waals surface area contributed by atoms with E-state index in [1.807, 2.05) is 36.4 Å². The minimum atomic E-state index is -0.453. The topological polar surface area (TPSA) is 68.3 Å². The third kappa shape index (κ3) is 2.93. The van der Waals surface area contributed by atoms with Crippen LogP contribution in [0.15, 0.2) is 42.5 Å². The van der Waals surface area contributed by atoms with Crippen LogP contribution in [0, 0.1) is 6.92 Å². The number of aromatic nitrogens is 1. The molecule has 5 nitrogen and oxygen atoms in total. The van der Waals surface area contributed by atoms with E-state index in [0.717, 1.165) is 22.1 Å². The summed E-state index contributed by atoms with van der Waals surface area (Å²) >= 11 is 1.10. The Balaban J connectivity index is 1.91. The first-order chi connectivity index (χ1) is 11.1. The fourth-order valence-electron chi connectivity index (χ4n) is 2.32. The van der Waals surface area contributed by atoms with Crippen LogP contribution >= 0.6 is 11.3 Å². The van der Waals surface area contributed by atoms with E-state index in [1.165, 1.54) is 7.11 Å². The smallest absolute Gasteiger partial charge is 0.350 e. The number of hydrogen-bond donors (Lipinski definition) is 1. The van der Waals surface area contributed by atoms with Gasteiger partial charge in [0.05, 0.1) is 12.8 Å². The molecule has 1 heterocycles. The number of hydrogen-bond acceptors (Lipinski definition) is 5. The number of aryl methyl sites for hydroxylation is 1. The number of anilines is 1. The lowest BCUT2D eigenvalue weighted by atomic mass is 10.0. The Hall–Kier alpha value is -2.73. The van der Waals surface area contributed by atoms with Crippen molar-refractivity contribution in [1.82, 2.24) is 4.98 Å². The fraction of sp³-hybridized carbons (Fsp3) is 0.118. The zero-order valence-electron chi connectivity index (χ0n) is 12.6. The Morgan fingerprint density at radius 2 is 1.87 bits per heavy atom. The average molecular weight is 326 g/mol. The number of esters is 1. The molecule has 0 unspecified atom stereocenters. The summed E-state index contributed by atoms with van der Waals surface area (Å²) in [6.45, 7) is 1.70. The van der Waals surface area contributed by atoms with Gasteiger partial charge in [-0.1, -0.05) is 47.7 Å². The maximum Gasteiger partial charge on any atom is 0.350 e. The maximum absolute atomic E-state index is 12.5. The van der Waals surface area contributed by atoms with Crippen molar-refractivity contribution in [2.45, 2.75) is 6.92 Å². The van der Waals surface area contributed by atoms with Crippen LogP contribution in [0.2, 0.25) is 0 Å². The van der Waals surface area contributed by atoms with Crippen molar-refractivity contribution in [3.05, 3.63) is 58.6 Å². The van der Waals surface area contributed by atoms with Gasteiger partial charge in [0.1, 0.15) is 4.88 Å². The Labute approximate surface area is 136 Å². The number of benzene rings is 2. The molecule has 0 aliphatic carbocycles. The number of fused-ring (bicyclic) bond motifs is 1. The van der Waals surface area contributed by atoms with Crippen LogP contribution in [0.25, 0.3) is 10.8 Å². The number of methoxy groups -OCH3 is 1. The molecule has 23 heavy (non-hydrogen) atoms. The maximum atomic E-state index is 12.5. The van der Waals surface area contributed by atoms with Gasteiger partial charge in [-0.3, -0.25) is 10.1 Å². The lowest BCUT2D eigenvalue weighted by Crippen LogP contribution is -2.12. The number of nitrogens with one attached hydrogen (secondary N) is 1. The van der Waals surface area contributed by atoms with Gasteiger partial charge in [-0.15, -0.1) is 0 Å². The van der Waals surface area contributed by atoms with E-state index in [4.69, 9.17) is 4.74 Å². The highest BCUT2D eigenvalue weighted by Gasteiger charge is 2.18. The molecular formula is C17H14N2O3S. The van der Waals surface area contributed by atoms with Crippen molar-refractivity contribution in [3.63, 3.8) is 0 Å². The van der Waals surface area contributed by atoms with Gasteiger partial charge in [-0.05, 0) is 23.8 Å². The van der Waals surface area contributed by atoms with Gasteiger partial charge >= 0.3 is 5.97 Å². The van der Waals surface area contributed by atoms with E-state index in [-0.39, 0.29) is 5.91 Å². The van der Waals surface area contributed by atoms with Crippen LogP contribution in [0.4, 0.5) is 5.13 Å². The summed E-state index contributed by atoms with van der Waals surface area (Å²) in [6, 6.07) is 13.2. The summed E-state index contributed by atoms with van der Waals surface area (Å²) in [5.41, 5.74) is 1.10. The number of ether oxygens (including phenoxy) is 1. The second kappa shape index (κ2) is 6.18. The standard InChI is InChI=1S/C17H14N2O3S/c1-10-14(16(21)22-2)23-17(18-10)19-15(20)13-9-5-7-11-6-3-4-8-12(11)13/h3-9H,1-2H3,(H,18,19,20). The molecular weight excluding hydrogens is 312 g/mol. The molecule has 3 aromatic rings. The third-order valence-corrected chi connectivity index (χ3v) is 4.48. The zero-order chi connectivity index (χ0) is 16.4. The van der Waals surface area contributed by atoms with Crippen LogP contribution in [0.5, 0.6) is 0 Å². The molecule has 0 atom stereocenters.